The molecule has 1 aliphatic heterocycles. The number of likely N-dealkylation sites (tertiary alicyclic amines) is 1. The molecule has 1 heterocycles. The number of piperidine rings is 1. The first-order valence-electron chi connectivity index (χ1n) is 13.3. The van der Waals surface area contributed by atoms with E-state index < -0.39 is 5.72 Å². The van der Waals surface area contributed by atoms with Crippen molar-refractivity contribution in [2.24, 2.45) is 0 Å². The predicted molar refractivity (Wildman–Crippen MR) is 146 cm³/mol. The molecule has 0 saturated carbocycles. The standard InChI is InChI=1S/C32H41NO3/c1-31(2,3)28-19-18-27(24-29(28)34)32(35,33-21-11-6-12-22-33)20-13-23-36-30(25-14-7-4-8-15-25)26-16-9-5-10-17-26/h4-5,7-10,14-19,24,30,34-35H,6,11-13,20-23H2,1-3H3. The van der Waals surface area contributed by atoms with Gasteiger partial charge in [0.2, 0.25) is 0 Å². The van der Waals surface area contributed by atoms with Crippen molar-refractivity contribution in [3.63, 3.8) is 0 Å². The molecular formula is C32H41NO3. The van der Waals surface area contributed by atoms with Crippen LogP contribution in [0.25, 0.3) is 0 Å². The van der Waals surface area contributed by atoms with Gasteiger partial charge < -0.3 is 14.9 Å². The van der Waals surface area contributed by atoms with Crippen LogP contribution in [0, 0.1) is 0 Å². The molecule has 0 amide bonds. The third-order valence-corrected chi connectivity index (χ3v) is 7.31. The van der Waals surface area contributed by atoms with Gasteiger partial charge in [-0.3, -0.25) is 4.90 Å². The Labute approximate surface area is 216 Å². The van der Waals surface area contributed by atoms with Gasteiger partial charge >= 0.3 is 0 Å². The molecule has 1 saturated heterocycles. The fourth-order valence-corrected chi connectivity index (χ4v) is 5.32. The number of phenols is 1. The van der Waals surface area contributed by atoms with Crippen molar-refractivity contribution in [3.05, 3.63) is 101 Å². The Kier molecular flexibility index (Phi) is 8.50. The summed E-state index contributed by atoms with van der Waals surface area (Å²) in [5, 5.41) is 22.9. The molecule has 1 atom stereocenters. The molecule has 3 aromatic carbocycles. The summed E-state index contributed by atoms with van der Waals surface area (Å²) in [6.45, 7) is 8.51. The van der Waals surface area contributed by atoms with E-state index in [9.17, 15) is 10.2 Å². The fourth-order valence-electron chi connectivity index (χ4n) is 5.32. The summed E-state index contributed by atoms with van der Waals surface area (Å²) in [7, 11) is 0. The largest absolute Gasteiger partial charge is 0.508 e. The van der Waals surface area contributed by atoms with E-state index in [0.717, 1.165) is 48.2 Å². The summed E-state index contributed by atoms with van der Waals surface area (Å²) in [6.07, 6.45) is 4.44. The van der Waals surface area contributed by atoms with Gasteiger partial charge in [0, 0.05) is 25.3 Å². The maximum absolute atomic E-state index is 12.1. The zero-order valence-corrected chi connectivity index (χ0v) is 22.0. The normalized spacial score (nSPS) is 16.7. The van der Waals surface area contributed by atoms with Crippen LogP contribution in [-0.4, -0.2) is 34.8 Å². The zero-order valence-electron chi connectivity index (χ0n) is 22.0. The summed E-state index contributed by atoms with van der Waals surface area (Å²) in [6, 6.07) is 26.3. The van der Waals surface area contributed by atoms with Gasteiger partial charge in [-0.2, -0.15) is 0 Å². The van der Waals surface area contributed by atoms with Gasteiger partial charge in [-0.15, -0.1) is 0 Å². The molecule has 0 aromatic heterocycles. The Morgan fingerprint density at radius 2 is 1.42 bits per heavy atom. The maximum atomic E-state index is 12.1. The first kappa shape index (κ1) is 26.4. The monoisotopic (exact) mass is 487 g/mol. The second-order valence-electron chi connectivity index (χ2n) is 11.0. The Morgan fingerprint density at radius 1 is 0.833 bits per heavy atom. The van der Waals surface area contributed by atoms with Crippen LogP contribution in [0.4, 0.5) is 0 Å². The molecule has 0 radical (unpaired) electrons. The lowest BCUT2D eigenvalue weighted by atomic mass is 9.84. The van der Waals surface area contributed by atoms with Gasteiger partial charge in [0.15, 0.2) is 0 Å². The van der Waals surface area contributed by atoms with Crippen LogP contribution in [0.1, 0.15) is 81.2 Å². The highest BCUT2D eigenvalue weighted by Crippen LogP contribution is 2.38. The molecule has 4 heteroatoms. The Hall–Kier alpha value is -2.66. The number of rotatable bonds is 9. The van der Waals surface area contributed by atoms with E-state index in [1.54, 1.807) is 6.07 Å². The van der Waals surface area contributed by atoms with E-state index in [1.165, 1.54) is 6.42 Å². The van der Waals surface area contributed by atoms with Crippen LogP contribution in [-0.2, 0) is 15.9 Å². The van der Waals surface area contributed by atoms with Gasteiger partial charge in [-0.25, -0.2) is 0 Å². The first-order chi connectivity index (χ1) is 17.3. The van der Waals surface area contributed by atoms with Crippen molar-refractivity contribution < 1.29 is 14.9 Å². The van der Waals surface area contributed by atoms with Crippen LogP contribution < -0.4 is 0 Å². The number of phenolic OH excluding ortho intramolecular Hbond substituents is 1. The SMILES string of the molecule is CC(C)(C)c1ccc(C(O)(CCCOC(c2ccccc2)c2ccccc2)N2CCCCC2)cc1O. The van der Waals surface area contributed by atoms with E-state index in [4.69, 9.17) is 4.74 Å². The van der Waals surface area contributed by atoms with E-state index in [-0.39, 0.29) is 17.3 Å². The van der Waals surface area contributed by atoms with Crippen molar-refractivity contribution in [1.82, 2.24) is 4.90 Å². The van der Waals surface area contributed by atoms with Gasteiger partial charge in [-0.05, 0) is 53.9 Å². The Bertz CT molecular complexity index is 1050. The summed E-state index contributed by atoms with van der Waals surface area (Å²) in [5.74, 6) is 0.250. The van der Waals surface area contributed by atoms with Gasteiger partial charge in [0.1, 0.15) is 17.6 Å². The van der Waals surface area contributed by atoms with Crippen LogP contribution >= 0.6 is 0 Å². The molecule has 192 valence electrons. The van der Waals surface area contributed by atoms with E-state index in [0.29, 0.717) is 19.4 Å². The third kappa shape index (κ3) is 6.18. The quantitative estimate of drug-likeness (QED) is 0.322. The van der Waals surface area contributed by atoms with Gasteiger partial charge in [0.25, 0.3) is 0 Å². The molecule has 0 spiro atoms. The predicted octanol–water partition coefficient (Wildman–Crippen LogP) is 6.91. The van der Waals surface area contributed by atoms with Crippen molar-refractivity contribution in [1.29, 1.82) is 0 Å². The van der Waals surface area contributed by atoms with Crippen LogP contribution in [0.5, 0.6) is 5.75 Å². The minimum atomic E-state index is -1.13. The van der Waals surface area contributed by atoms with Gasteiger partial charge in [-0.1, -0.05) is 100.0 Å². The molecule has 3 aromatic rings. The number of nitrogens with zero attached hydrogens (tertiary/aromatic N) is 1. The smallest absolute Gasteiger partial charge is 0.144 e. The summed E-state index contributed by atoms with van der Waals surface area (Å²) in [5.41, 5.74) is 2.60. The molecule has 1 unspecified atom stereocenters. The molecule has 1 fully saturated rings. The summed E-state index contributed by atoms with van der Waals surface area (Å²) >= 11 is 0. The van der Waals surface area contributed by atoms with Crippen LogP contribution in [0.15, 0.2) is 78.9 Å². The Balaban J connectivity index is 1.52. The van der Waals surface area contributed by atoms with E-state index in [2.05, 4.69) is 49.9 Å². The first-order valence-corrected chi connectivity index (χ1v) is 13.3. The Morgan fingerprint density at radius 3 is 1.94 bits per heavy atom. The van der Waals surface area contributed by atoms with E-state index in [1.807, 2.05) is 48.5 Å². The number of aromatic hydroxyl groups is 1. The molecule has 36 heavy (non-hydrogen) atoms. The second kappa shape index (κ2) is 11.6. The average Bonchev–Trinajstić information content (AvgIpc) is 2.89. The lowest BCUT2D eigenvalue weighted by molar-refractivity contribution is -0.133. The molecule has 4 rings (SSSR count). The molecule has 0 bridgehead atoms. The highest BCUT2D eigenvalue weighted by atomic mass is 16.5. The molecule has 4 nitrogen and oxygen atoms in total. The van der Waals surface area contributed by atoms with E-state index >= 15 is 0 Å². The topological polar surface area (TPSA) is 52.9 Å². The fraction of sp³-hybridized carbons (Fsp3) is 0.438. The number of ether oxygens (including phenoxy) is 1. The summed E-state index contributed by atoms with van der Waals surface area (Å²) < 4.78 is 6.44. The number of benzene rings is 3. The molecular weight excluding hydrogens is 446 g/mol. The van der Waals surface area contributed by atoms with Crippen molar-refractivity contribution >= 4 is 0 Å². The van der Waals surface area contributed by atoms with Crippen molar-refractivity contribution in [3.8, 4) is 5.75 Å². The zero-order chi connectivity index (χ0) is 25.6. The van der Waals surface area contributed by atoms with Gasteiger partial charge in [0.05, 0.1) is 0 Å². The number of aliphatic hydroxyl groups is 1. The number of hydrogen-bond donors (Lipinski definition) is 2. The second-order valence-corrected chi connectivity index (χ2v) is 11.0. The lowest BCUT2D eigenvalue weighted by Gasteiger charge is -2.42. The highest BCUT2D eigenvalue weighted by molar-refractivity contribution is 5.42. The molecule has 0 aliphatic carbocycles. The minimum Gasteiger partial charge on any atom is -0.508 e. The lowest BCUT2D eigenvalue weighted by Crippen LogP contribution is -2.48. The van der Waals surface area contributed by atoms with Crippen molar-refractivity contribution in [2.75, 3.05) is 19.7 Å². The van der Waals surface area contributed by atoms with Crippen LogP contribution in [0.3, 0.4) is 0 Å². The minimum absolute atomic E-state index is 0.148. The highest BCUT2D eigenvalue weighted by Gasteiger charge is 2.37. The average molecular weight is 488 g/mol. The molecule has 2 N–H and O–H groups in total. The third-order valence-electron chi connectivity index (χ3n) is 7.31. The van der Waals surface area contributed by atoms with Crippen LogP contribution in [0.2, 0.25) is 0 Å². The number of hydrogen-bond acceptors (Lipinski definition) is 4. The van der Waals surface area contributed by atoms with Crippen molar-refractivity contribution in [2.45, 2.75) is 70.1 Å². The summed E-state index contributed by atoms with van der Waals surface area (Å²) in [4.78, 5) is 2.19. The maximum Gasteiger partial charge on any atom is 0.144 e. The molecule has 1 aliphatic rings.